The summed E-state index contributed by atoms with van der Waals surface area (Å²) < 4.78 is 35.6. The molecule has 2 N–H and O–H groups in total. The molecule has 0 aromatic heterocycles. The number of aliphatic carboxylic acids is 1. The van der Waals surface area contributed by atoms with Gasteiger partial charge in [0.05, 0.1) is 0 Å². The predicted molar refractivity (Wildman–Crippen MR) is 49.8 cm³/mol. The van der Waals surface area contributed by atoms with Gasteiger partial charge in [-0.05, 0) is 13.3 Å². The van der Waals surface area contributed by atoms with Crippen LogP contribution >= 0.6 is 0 Å². The molecule has 0 spiro atoms. The third kappa shape index (κ3) is 4.99. The number of hydrogen-bond donors (Lipinski definition) is 2. The Kier molecular flexibility index (Phi) is 4.77. The summed E-state index contributed by atoms with van der Waals surface area (Å²) in [7, 11) is 0. The lowest BCUT2D eigenvalue weighted by molar-refractivity contribution is -0.159. The van der Waals surface area contributed by atoms with Crippen LogP contribution in [0.2, 0.25) is 0 Å². The molecule has 7 heteroatoms. The van der Waals surface area contributed by atoms with E-state index in [2.05, 4.69) is 0 Å². The highest BCUT2D eigenvalue weighted by Crippen LogP contribution is 2.20. The van der Waals surface area contributed by atoms with E-state index >= 15 is 0 Å². The molecule has 0 aliphatic carbocycles. The molecule has 0 aromatic rings. The summed E-state index contributed by atoms with van der Waals surface area (Å²) >= 11 is 0. The van der Waals surface area contributed by atoms with Gasteiger partial charge in [-0.2, -0.15) is 13.2 Å². The fraction of sp³-hybridized carbons (Fsp3) is 0.778. The minimum atomic E-state index is -4.63. The van der Waals surface area contributed by atoms with Gasteiger partial charge in [-0.25, -0.2) is 4.79 Å². The standard InChI is InChI=1S/C9H14F3NO3/c1-3-4-8(2,7(15)16)13-6(14)5-9(10,11)12/h3-5H2,1-2H3,(H,13,14)(H,15,16). The first-order valence-corrected chi connectivity index (χ1v) is 4.72. The molecule has 1 unspecified atom stereocenters. The van der Waals surface area contributed by atoms with Crippen LogP contribution in [0.4, 0.5) is 13.2 Å². The molecule has 0 heterocycles. The maximum Gasteiger partial charge on any atom is 0.397 e. The van der Waals surface area contributed by atoms with Gasteiger partial charge in [0.1, 0.15) is 12.0 Å². The number of alkyl halides is 3. The number of amides is 1. The van der Waals surface area contributed by atoms with Gasteiger partial charge in [0.2, 0.25) is 5.91 Å². The van der Waals surface area contributed by atoms with Crippen molar-refractivity contribution in [1.82, 2.24) is 5.32 Å². The second-order valence-corrected chi connectivity index (χ2v) is 3.73. The largest absolute Gasteiger partial charge is 0.480 e. The quantitative estimate of drug-likeness (QED) is 0.769. The van der Waals surface area contributed by atoms with Gasteiger partial charge < -0.3 is 10.4 Å². The molecule has 1 amide bonds. The van der Waals surface area contributed by atoms with Gasteiger partial charge in [-0.1, -0.05) is 13.3 Å². The highest BCUT2D eigenvalue weighted by molar-refractivity contribution is 5.86. The molecule has 0 aliphatic heterocycles. The van der Waals surface area contributed by atoms with E-state index < -0.39 is 30.0 Å². The summed E-state index contributed by atoms with van der Waals surface area (Å²) in [6.45, 7) is 2.87. The van der Waals surface area contributed by atoms with E-state index in [1.54, 1.807) is 6.92 Å². The van der Waals surface area contributed by atoms with E-state index in [0.29, 0.717) is 6.42 Å². The van der Waals surface area contributed by atoms with Gasteiger partial charge in [-0.3, -0.25) is 4.79 Å². The Labute approximate surface area is 90.8 Å². The maximum absolute atomic E-state index is 11.9. The first-order chi connectivity index (χ1) is 7.10. The Morgan fingerprint density at radius 1 is 1.31 bits per heavy atom. The normalized spacial score (nSPS) is 15.3. The van der Waals surface area contributed by atoms with Crippen LogP contribution in [0.15, 0.2) is 0 Å². The molecule has 4 nitrogen and oxygen atoms in total. The van der Waals surface area contributed by atoms with E-state index in [1.807, 2.05) is 5.32 Å². The first-order valence-electron chi connectivity index (χ1n) is 4.72. The monoisotopic (exact) mass is 241 g/mol. The Morgan fingerprint density at radius 2 is 1.81 bits per heavy atom. The number of carboxylic acids is 1. The molecule has 0 saturated carbocycles. The molecule has 0 aliphatic rings. The minimum absolute atomic E-state index is 0.0753. The summed E-state index contributed by atoms with van der Waals surface area (Å²) in [6.07, 6.45) is -5.78. The van der Waals surface area contributed by atoms with Crippen molar-refractivity contribution in [3.05, 3.63) is 0 Å². The SMILES string of the molecule is CCCC(C)(NC(=O)CC(F)(F)F)C(=O)O. The topological polar surface area (TPSA) is 66.4 Å². The molecule has 0 aromatic carbocycles. The lowest BCUT2D eigenvalue weighted by atomic mass is 9.96. The fourth-order valence-corrected chi connectivity index (χ4v) is 1.26. The van der Waals surface area contributed by atoms with E-state index in [0.717, 1.165) is 0 Å². The highest BCUT2D eigenvalue weighted by atomic mass is 19.4. The number of halogens is 3. The Hall–Kier alpha value is -1.27. The minimum Gasteiger partial charge on any atom is -0.480 e. The van der Waals surface area contributed by atoms with Crippen LogP contribution in [0.5, 0.6) is 0 Å². The van der Waals surface area contributed by atoms with Crippen LogP contribution in [0.25, 0.3) is 0 Å². The van der Waals surface area contributed by atoms with Crippen molar-refractivity contribution < 1.29 is 27.9 Å². The molecule has 0 bridgehead atoms. The second-order valence-electron chi connectivity index (χ2n) is 3.73. The van der Waals surface area contributed by atoms with Crippen LogP contribution in [0.3, 0.4) is 0 Å². The van der Waals surface area contributed by atoms with Crippen LogP contribution < -0.4 is 5.32 Å². The highest BCUT2D eigenvalue weighted by Gasteiger charge is 2.38. The average Bonchev–Trinajstić information content (AvgIpc) is 1.99. The Morgan fingerprint density at radius 3 is 2.12 bits per heavy atom. The summed E-state index contributed by atoms with van der Waals surface area (Å²) in [5.74, 6) is -2.67. The zero-order valence-electron chi connectivity index (χ0n) is 9.02. The summed E-state index contributed by atoms with van der Waals surface area (Å²) in [6, 6.07) is 0. The van der Waals surface area contributed by atoms with Crippen molar-refractivity contribution in [1.29, 1.82) is 0 Å². The molecule has 0 radical (unpaired) electrons. The molecular weight excluding hydrogens is 227 g/mol. The number of carbonyl (C=O) groups excluding carboxylic acids is 1. The van der Waals surface area contributed by atoms with Crippen molar-refractivity contribution in [3.63, 3.8) is 0 Å². The van der Waals surface area contributed by atoms with Gasteiger partial charge in [-0.15, -0.1) is 0 Å². The van der Waals surface area contributed by atoms with Crippen molar-refractivity contribution in [3.8, 4) is 0 Å². The third-order valence-corrected chi connectivity index (χ3v) is 2.00. The van der Waals surface area contributed by atoms with Crippen LogP contribution in [-0.2, 0) is 9.59 Å². The molecule has 0 saturated heterocycles. The van der Waals surface area contributed by atoms with E-state index in [9.17, 15) is 22.8 Å². The summed E-state index contributed by atoms with van der Waals surface area (Å²) in [5, 5.41) is 10.7. The first kappa shape index (κ1) is 14.7. The third-order valence-electron chi connectivity index (χ3n) is 2.00. The fourth-order valence-electron chi connectivity index (χ4n) is 1.26. The van der Waals surface area contributed by atoms with Gasteiger partial charge in [0, 0.05) is 0 Å². The molecule has 0 fully saturated rings. The van der Waals surface area contributed by atoms with Crippen molar-refractivity contribution >= 4 is 11.9 Å². The van der Waals surface area contributed by atoms with E-state index in [-0.39, 0.29) is 6.42 Å². The Bertz CT molecular complexity index is 278. The lowest BCUT2D eigenvalue weighted by Crippen LogP contribution is -2.52. The number of carboxylic acid groups (broad SMARTS) is 1. The molecular formula is C9H14F3NO3. The maximum atomic E-state index is 11.9. The summed E-state index contributed by atoms with van der Waals surface area (Å²) in [5.41, 5.74) is -1.64. The van der Waals surface area contributed by atoms with Crippen molar-refractivity contribution in [2.24, 2.45) is 0 Å². The zero-order valence-corrected chi connectivity index (χ0v) is 9.02. The predicted octanol–water partition coefficient (Wildman–Crippen LogP) is 1.70. The van der Waals surface area contributed by atoms with Crippen molar-refractivity contribution in [2.45, 2.75) is 44.8 Å². The van der Waals surface area contributed by atoms with E-state index in [4.69, 9.17) is 5.11 Å². The molecule has 1 atom stereocenters. The molecule has 94 valence electrons. The smallest absolute Gasteiger partial charge is 0.397 e. The van der Waals surface area contributed by atoms with Gasteiger partial charge in [0.25, 0.3) is 0 Å². The zero-order chi connectivity index (χ0) is 13.0. The lowest BCUT2D eigenvalue weighted by Gasteiger charge is -2.25. The summed E-state index contributed by atoms with van der Waals surface area (Å²) in [4.78, 5) is 21.8. The number of rotatable bonds is 5. The van der Waals surface area contributed by atoms with Crippen LogP contribution in [-0.4, -0.2) is 28.7 Å². The van der Waals surface area contributed by atoms with Gasteiger partial charge >= 0.3 is 12.1 Å². The number of carbonyl (C=O) groups is 2. The number of hydrogen-bond acceptors (Lipinski definition) is 2. The van der Waals surface area contributed by atoms with E-state index in [1.165, 1.54) is 6.92 Å². The molecule has 16 heavy (non-hydrogen) atoms. The second kappa shape index (κ2) is 5.18. The Balaban J connectivity index is 4.53. The van der Waals surface area contributed by atoms with Gasteiger partial charge in [0.15, 0.2) is 0 Å². The van der Waals surface area contributed by atoms with Crippen LogP contribution in [0.1, 0.15) is 33.1 Å². The average molecular weight is 241 g/mol. The van der Waals surface area contributed by atoms with Crippen molar-refractivity contribution in [2.75, 3.05) is 0 Å². The number of nitrogens with one attached hydrogen (secondary N) is 1. The van der Waals surface area contributed by atoms with Crippen LogP contribution in [0, 0.1) is 0 Å². The molecule has 0 rings (SSSR count).